The summed E-state index contributed by atoms with van der Waals surface area (Å²) in [4.78, 5) is 11.3. The van der Waals surface area contributed by atoms with Crippen molar-refractivity contribution in [1.82, 2.24) is 4.57 Å². The van der Waals surface area contributed by atoms with Gasteiger partial charge in [-0.2, -0.15) is 0 Å². The maximum atomic E-state index is 11.3. The van der Waals surface area contributed by atoms with Crippen molar-refractivity contribution in [1.29, 1.82) is 0 Å². The van der Waals surface area contributed by atoms with Gasteiger partial charge in [0, 0.05) is 27.5 Å². The van der Waals surface area contributed by atoms with Gasteiger partial charge in [0.1, 0.15) is 0 Å². The molecule has 1 heterocycles. The Balaban J connectivity index is 2.09. The van der Waals surface area contributed by atoms with Gasteiger partial charge in [-0.05, 0) is 29.3 Å². The fourth-order valence-electron chi connectivity index (χ4n) is 3.56. The standard InChI is InChI=1S/C23H18BrNO2/c24-18-11-12-20-19(15-18)22(16-7-3-1-4-8-16)23(17-9-5-2-6-10-17)25(20)14-13-21(26)27/h1-12,15H,13-14H2,(H,26,27). The van der Waals surface area contributed by atoms with Crippen LogP contribution in [-0.2, 0) is 11.3 Å². The van der Waals surface area contributed by atoms with Gasteiger partial charge in [0.05, 0.1) is 12.1 Å². The number of carbonyl (C=O) groups is 1. The largest absolute Gasteiger partial charge is 0.481 e. The Labute approximate surface area is 166 Å². The van der Waals surface area contributed by atoms with E-state index in [4.69, 9.17) is 0 Å². The minimum atomic E-state index is -0.797. The zero-order valence-corrected chi connectivity index (χ0v) is 16.2. The summed E-state index contributed by atoms with van der Waals surface area (Å²) in [5.41, 5.74) is 5.42. The van der Waals surface area contributed by atoms with Crippen LogP contribution < -0.4 is 0 Å². The molecule has 3 nitrogen and oxygen atoms in total. The molecule has 0 unspecified atom stereocenters. The summed E-state index contributed by atoms with van der Waals surface area (Å²) >= 11 is 3.59. The van der Waals surface area contributed by atoms with Crippen molar-refractivity contribution in [2.45, 2.75) is 13.0 Å². The summed E-state index contributed by atoms with van der Waals surface area (Å²) in [5.74, 6) is -0.797. The number of hydrogen-bond acceptors (Lipinski definition) is 1. The summed E-state index contributed by atoms with van der Waals surface area (Å²) in [6, 6.07) is 26.6. The number of fused-ring (bicyclic) bond motifs is 1. The van der Waals surface area contributed by atoms with E-state index in [1.807, 2.05) is 42.5 Å². The van der Waals surface area contributed by atoms with Crippen LogP contribution in [0.5, 0.6) is 0 Å². The third-order valence-electron chi connectivity index (χ3n) is 4.68. The number of halogens is 1. The third kappa shape index (κ3) is 3.40. The van der Waals surface area contributed by atoms with Crippen LogP contribution in [0.2, 0.25) is 0 Å². The molecular weight excluding hydrogens is 402 g/mol. The molecule has 0 saturated carbocycles. The van der Waals surface area contributed by atoms with Crippen molar-refractivity contribution >= 4 is 32.8 Å². The molecule has 0 aliphatic heterocycles. The number of nitrogens with zero attached hydrogens (tertiary/aromatic N) is 1. The molecule has 3 aromatic carbocycles. The second-order valence-electron chi connectivity index (χ2n) is 6.41. The molecule has 4 heteroatoms. The average Bonchev–Trinajstić information content (AvgIpc) is 3.01. The molecule has 0 aliphatic rings. The van der Waals surface area contributed by atoms with Gasteiger partial charge in [0.2, 0.25) is 0 Å². The molecule has 0 spiro atoms. The van der Waals surface area contributed by atoms with E-state index in [9.17, 15) is 9.90 Å². The molecular formula is C23H18BrNO2. The number of benzene rings is 3. The molecule has 1 N–H and O–H groups in total. The summed E-state index contributed by atoms with van der Waals surface area (Å²) in [5, 5.41) is 10.4. The lowest BCUT2D eigenvalue weighted by atomic mass is 9.98. The lowest BCUT2D eigenvalue weighted by Crippen LogP contribution is -2.06. The van der Waals surface area contributed by atoms with Crippen molar-refractivity contribution in [3.63, 3.8) is 0 Å². The predicted molar refractivity (Wildman–Crippen MR) is 113 cm³/mol. The van der Waals surface area contributed by atoms with Gasteiger partial charge in [0.15, 0.2) is 0 Å². The molecule has 0 amide bonds. The summed E-state index contributed by atoms with van der Waals surface area (Å²) in [6.07, 6.45) is 0.0773. The second-order valence-corrected chi connectivity index (χ2v) is 7.33. The fourth-order valence-corrected chi connectivity index (χ4v) is 3.92. The van der Waals surface area contributed by atoms with E-state index in [2.05, 4.69) is 56.9 Å². The van der Waals surface area contributed by atoms with Gasteiger partial charge in [-0.1, -0.05) is 76.6 Å². The average molecular weight is 420 g/mol. The highest BCUT2D eigenvalue weighted by Gasteiger charge is 2.20. The van der Waals surface area contributed by atoms with Crippen LogP contribution >= 0.6 is 15.9 Å². The zero-order chi connectivity index (χ0) is 18.8. The Morgan fingerprint density at radius 3 is 2.15 bits per heavy atom. The fraction of sp³-hybridized carbons (Fsp3) is 0.0870. The molecule has 0 bridgehead atoms. The van der Waals surface area contributed by atoms with Crippen LogP contribution in [0.3, 0.4) is 0 Å². The Hall–Kier alpha value is -2.85. The normalized spacial score (nSPS) is 11.0. The van der Waals surface area contributed by atoms with Gasteiger partial charge < -0.3 is 9.67 Å². The summed E-state index contributed by atoms with van der Waals surface area (Å²) < 4.78 is 3.13. The molecule has 0 atom stereocenters. The Morgan fingerprint density at radius 1 is 0.889 bits per heavy atom. The van der Waals surface area contributed by atoms with E-state index < -0.39 is 5.97 Å². The highest BCUT2D eigenvalue weighted by Crippen LogP contribution is 2.41. The molecule has 4 aromatic rings. The summed E-state index contributed by atoms with van der Waals surface area (Å²) in [7, 11) is 0. The van der Waals surface area contributed by atoms with E-state index in [-0.39, 0.29) is 6.42 Å². The molecule has 134 valence electrons. The Morgan fingerprint density at radius 2 is 1.52 bits per heavy atom. The van der Waals surface area contributed by atoms with Crippen molar-refractivity contribution in [3.8, 4) is 22.4 Å². The van der Waals surface area contributed by atoms with Crippen LogP contribution in [0.15, 0.2) is 83.3 Å². The monoisotopic (exact) mass is 419 g/mol. The van der Waals surface area contributed by atoms with E-state index in [0.717, 1.165) is 37.8 Å². The number of aryl methyl sites for hydroxylation is 1. The number of rotatable bonds is 5. The Bertz CT molecular complexity index is 1100. The first kappa shape index (κ1) is 17.6. The van der Waals surface area contributed by atoms with Gasteiger partial charge in [-0.15, -0.1) is 0 Å². The number of hydrogen-bond donors (Lipinski definition) is 1. The second kappa shape index (κ2) is 7.41. The smallest absolute Gasteiger partial charge is 0.305 e. The minimum absolute atomic E-state index is 0.0773. The number of aromatic nitrogens is 1. The van der Waals surface area contributed by atoms with E-state index in [1.54, 1.807) is 0 Å². The highest BCUT2D eigenvalue weighted by atomic mass is 79.9. The first-order valence-electron chi connectivity index (χ1n) is 8.79. The summed E-state index contributed by atoms with van der Waals surface area (Å²) in [6.45, 7) is 0.421. The molecule has 0 fully saturated rings. The molecule has 0 radical (unpaired) electrons. The van der Waals surface area contributed by atoms with E-state index in [1.165, 1.54) is 0 Å². The van der Waals surface area contributed by atoms with Gasteiger partial charge >= 0.3 is 5.97 Å². The predicted octanol–water partition coefficient (Wildman–Crippen LogP) is 6.21. The first-order chi connectivity index (χ1) is 13.1. The molecule has 27 heavy (non-hydrogen) atoms. The third-order valence-corrected chi connectivity index (χ3v) is 5.18. The van der Waals surface area contributed by atoms with Gasteiger partial charge in [-0.25, -0.2) is 0 Å². The van der Waals surface area contributed by atoms with Crippen molar-refractivity contribution in [3.05, 3.63) is 83.3 Å². The quantitative estimate of drug-likeness (QED) is 0.417. The molecule has 1 aromatic heterocycles. The minimum Gasteiger partial charge on any atom is -0.481 e. The highest BCUT2D eigenvalue weighted by molar-refractivity contribution is 9.10. The lowest BCUT2D eigenvalue weighted by Gasteiger charge is -2.12. The molecule has 0 aliphatic carbocycles. The zero-order valence-electron chi connectivity index (χ0n) is 14.6. The molecule has 0 saturated heterocycles. The van der Waals surface area contributed by atoms with E-state index >= 15 is 0 Å². The van der Waals surface area contributed by atoms with Crippen molar-refractivity contribution in [2.24, 2.45) is 0 Å². The lowest BCUT2D eigenvalue weighted by molar-refractivity contribution is -0.137. The Kier molecular flexibility index (Phi) is 4.82. The van der Waals surface area contributed by atoms with Crippen LogP contribution in [0.4, 0.5) is 0 Å². The van der Waals surface area contributed by atoms with Crippen molar-refractivity contribution < 1.29 is 9.90 Å². The molecule has 4 rings (SSSR count). The SMILES string of the molecule is O=C(O)CCn1c(-c2ccccc2)c(-c2ccccc2)c2cc(Br)ccc21. The van der Waals surface area contributed by atoms with Crippen LogP contribution in [0, 0.1) is 0 Å². The van der Waals surface area contributed by atoms with Crippen molar-refractivity contribution in [2.75, 3.05) is 0 Å². The van der Waals surface area contributed by atoms with Crippen LogP contribution in [0.25, 0.3) is 33.3 Å². The number of carboxylic acids is 1. The maximum absolute atomic E-state index is 11.3. The first-order valence-corrected chi connectivity index (χ1v) is 9.59. The van der Waals surface area contributed by atoms with Crippen LogP contribution in [0.1, 0.15) is 6.42 Å². The van der Waals surface area contributed by atoms with E-state index in [0.29, 0.717) is 6.54 Å². The van der Waals surface area contributed by atoms with Crippen LogP contribution in [-0.4, -0.2) is 15.6 Å². The van der Waals surface area contributed by atoms with Gasteiger partial charge in [0.25, 0.3) is 0 Å². The maximum Gasteiger partial charge on any atom is 0.305 e. The number of aliphatic carboxylic acids is 1. The van der Waals surface area contributed by atoms with Gasteiger partial charge in [-0.3, -0.25) is 4.79 Å². The number of carboxylic acid groups (broad SMARTS) is 1. The topological polar surface area (TPSA) is 42.2 Å².